The number of nitrogens with zero attached hydrogens (tertiary/aromatic N) is 2. The van der Waals surface area contributed by atoms with Gasteiger partial charge in [0.25, 0.3) is 0 Å². The highest BCUT2D eigenvalue weighted by molar-refractivity contribution is 8.01. The van der Waals surface area contributed by atoms with E-state index in [0.29, 0.717) is 20.8 Å². The quantitative estimate of drug-likeness (QED) is 0.523. The molecular weight excluding hydrogens is 413 g/mol. The smallest absolute Gasteiger partial charge is 0.406 e. The van der Waals surface area contributed by atoms with Gasteiger partial charge in [-0.15, -0.1) is 23.4 Å². The average Bonchev–Trinajstić information content (AvgIpc) is 3.09. The number of amides is 1. The number of rotatable bonds is 7. The normalized spacial score (nSPS) is 11.1. The van der Waals surface area contributed by atoms with Crippen LogP contribution in [0.1, 0.15) is 0 Å². The zero-order valence-corrected chi connectivity index (χ0v) is 15.7. The van der Waals surface area contributed by atoms with Crippen molar-refractivity contribution in [1.82, 2.24) is 10.2 Å². The summed E-state index contributed by atoms with van der Waals surface area (Å²) in [4.78, 5) is 11.9. The Labute approximate surface area is 166 Å². The number of halogens is 3. The number of ether oxygens (including phenoxy) is 1. The highest BCUT2D eigenvalue weighted by Gasteiger charge is 2.30. The molecule has 3 rings (SSSR count). The average molecular weight is 426 g/mol. The Morgan fingerprint density at radius 2 is 1.75 bits per heavy atom. The van der Waals surface area contributed by atoms with Crippen LogP contribution in [-0.2, 0) is 4.79 Å². The minimum atomic E-state index is -4.73. The summed E-state index contributed by atoms with van der Waals surface area (Å²) in [6, 6.07) is 14.4. The van der Waals surface area contributed by atoms with Gasteiger partial charge in [0.05, 0.1) is 5.75 Å². The largest absolute Gasteiger partial charge is 0.573 e. The summed E-state index contributed by atoms with van der Waals surface area (Å²) >= 11 is 2.46. The SMILES string of the molecule is O=C(CSc1nnc(Nc2ccc(OC(F)(F)F)cc2)s1)Nc1ccccc1. The molecule has 0 unspecified atom stereocenters. The fourth-order valence-corrected chi connectivity index (χ4v) is 3.60. The van der Waals surface area contributed by atoms with Crippen molar-refractivity contribution in [3.63, 3.8) is 0 Å². The maximum Gasteiger partial charge on any atom is 0.573 e. The highest BCUT2D eigenvalue weighted by atomic mass is 32.2. The van der Waals surface area contributed by atoms with E-state index in [1.54, 1.807) is 12.1 Å². The number of hydrogen-bond acceptors (Lipinski definition) is 7. The summed E-state index contributed by atoms with van der Waals surface area (Å²) in [6.07, 6.45) is -4.73. The van der Waals surface area contributed by atoms with Crippen molar-refractivity contribution in [2.45, 2.75) is 10.7 Å². The van der Waals surface area contributed by atoms with Gasteiger partial charge in [0.15, 0.2) is 4.34 Å². The van der Waals surface area contributed by atoms with E-state index in [2.05, 4.69) is 25.6 Å². The first kappa shape index (κ1) is 20.0. The zero-order chi connectivity index (χ0) is 20.0. The molecule has 6 nitrogen and oxygen atoms in total. The van der Waals surface area contributed by atoms with Crippen molar-refractivity contribution in [1.29, 1.82) is 0 Å². The molecule has 146 valence electrons. The van der Waals surface area contributed by atoms with E-state index in [0.717, 1.165) is 0 Å². The van der Waals surface area contributed by atoms with E-state index >= 15 is 0 Å². The molecule has 2 N–H and O–H groups in total. The maximum absolute atomic E-state index is 12.2. The van der Waals surface area contributed by atoms with Gasteiger partial charge in [-0.2, -0.15) is 0 Å². The summed E-state index contributed by atoms with van der Waals surface area (Å²) in [5.41, 5.74) is 1.25. The number of hydrogen-bond donors (Lipinski definition) is 2. The van der Waals surface area contributed by atoms with Crippen LogP contribution in [0.2, 0.25) is 0 Å². The van der Waals surface area contributed by atoms with E-state index in [1.807, 2.05) is 18.2 Å². The molecule has 11 heteroatoms. The molecule has 0 spiro atoms. The van der Waals surface area contributed by atoms with E-state index in [9.17, 15) is 18.0 Å². The van der Waals surface area contributed by atoms with Crippen molar-refractivity contribution in [2.24, 2.45) is 0 Å². The molecule has 1 aromatic heterocycles. The molecule has 28 heavy (non-hydrogen) atoms. The van der Waals surface area contributed by atoms with Crippen LogP contribution in [0.25, 0.3) is 0 Å². The Morgan fingerprint density at radius 1 is 1.04 bits per heavy atom. The molecule has 0 radical (unpaired) electrons. The van der Waals surface area contributed by atoms with Gasteiger partial charge in [-0.05, 0) is 36.4 Å². The molecule has 0 aliphatic carbocycles. The first-order valence-corrected chi connectivity index (χ1v) is 9.62. The predicted molar refractivity (Wildman–Crippen MR) is 102 cm³/mol. The van der Waals surface area contributed by atoms with Crippen molar-refractivity contribution in [3.05, 3.63) is 54.6 Å². The van der Waals surface area contributed by atoms with Crippen LogP contribution in [0.3, 0.4) is 0 Å². The first-order valence-electron chi connectivity index (χ1n) is 7.81. The van der Waals surface area contributed by atoms with Gasteiger partial charge >= 0.3 is 6.36 Å². The van der Waals surface area contributed by atoms with Gasteiger partial charge in [-0.1, -0.05) is 41.3 Å². The number of benzene rings is 2. The number of nitrogens with one attached hydrogen (secondary N) is 2. The maximum atomic E-state index is 12.2. The Balaban J connectivity index is 1.49. The predicted octanol–water partition coefficient (Wildman–Crippen LogP) is 4.91. The molecule has 0 bridgehead atoms. The molecule has 0 fully saturated rings. The molecule has 0 aliphatic rings. The van der Waals surface area contributed by atoms with Crippen molar-refractivity contribution < 1.29 is 22.7 Å². The van der Waals surface area contributed by atoms with Gasteiger partial charge in [0, 0.05) is 11.4 Å². The van der Waals surface area contributed by atoms with E-state index in [-0.39, 0.29) is 17.4 Å². The highest BCUT2D eigenvalue weighted by Crippen LogP contribution is 2.29. The van der Waals surface area contributed by atoms with Gasteiger partial charge < -0.3 is 15.4 Å². The summed E-state index contributed by atoms with van der Waals surface area (Å²) in [7, 11) is 0. The third kappa shape index (κ3) is 6.43. The summed E-state index contributed by atoms with van der Waals surface area (Å²) in [6.45, 7) is 0. The standard InChI is InChI=1S/C17H13F3N4O2S2/c18-17(19,20)26-13-8-6-12(7-9-13)22-15-23-24-16(28-15)27-10-14(25)21-11-4-2-1-3-5-11/h1-9H,10H2,(H,21,25)(H,22,23). The summed E-state index contributed by atoms with van der Waals surface area (Å²) in [5.74, 6) is -0.301. The zero-order valence-electron chi connectivity index (χ0n) is 14.1. The van der Waals surface area contributed by atoms with Crippen LogP contribution in [0, 0.1) is 0 Å². The molecule has 1 heterocycles. The molecular formula is C17H13F3N4O2S2. The fraction of sp³-hybridized carbons (Fsp3) is 0.118. The number of anilines is 3. The van der Waals surface area contributed by atoms with E-state index in [4.69, 9.17) is 0 Å². The number of aromatic nitrogens is 2. The number of alkyl halides is 3. The van der Waals surface area contributed by atoms with E-state index in [1.165, 1.54) is 47.4 Å². The Hall–Kier alpha value is -2.79. The first-order chi connectivity index (χ1) is 13.4. The van der Waals surface area contributed by atoms with Crippen molar-refractivity contribution in [2.75, 3.05) is 16.4 Å². The molecule has 0 aliphatic heterocycles. The van der Waals surface area contributed by atoms with Crippen molar-refractivity contribution in [3.8, 4) is 5.75 Å². The topological polar surface area (TPSA) is 76.1 Å². The number of carbonyl (C=O) groups is 1. The third-order valence-corrected chi connectivity index (χ3v) is 5.10. The van der Waals surface area contributed by atoms with Crippen LogP contribution in [0.4, 0.5) is 29.7 Å². The lowest BCUT2D eigenvalue weighted by atomic mass is 10.3. The second-order valence-corrected chi connectivity index (χ2v) is 7.47. The van der Waals surface area contributed by atoms with Crippen LogP contribution >= 0.6 is 23.1 Å². The number of para-hydroxylation sites is 1. The molecule has 0 saturated carbocycles. The molecule has 3 aromatic rings. The Kier molecular flexibility index (Phi) is 6.37. The lowest BCUT2D eigenvalue weighted by Crippen LogP contribution is -2.16. The van der Waals surface area contributed by atoms with Crippen molar-refractivity contribution >= 4 is 45.5 Å². The van der Waals surface area contributed by atoms with Crippen LogP contribution < -0.4 is 15.4 Å². The minimum Gasteiger partial charge on any atom is -0.406 e. The lowest BCUT2D eigenvalue weighted by molar-refractivity contribution is -0.274. The Bertz CT molecular complexity index is 918. The lowest BCUT2D eigenvalue weighted by Gasteiger charge is -2.09. The van der Waals surface area contributed by atoms with E-state index < -0.39 is 6.36 Å². The van der Waals surface area contributed by atoms with Crippen LogP contribution in [-0.4, -0.2) is 28.2 Å². The summed E-state index contributed by atoms with van der Waals surface area (Å²) < 4.78 is 40.9. The van der Waals surface area contributed by atoms with Gasteiger partial charge in [-0.25, -0.2) is 0 Å². The van der Waals surface area contributed by atoms with Gasteiger partial charge in [0.1, 0.15) is 5.75 Å². The monoisotopic (exact) mass is 426 g/mol. The summed E-state index contributed by atoms with van der Waals surface area (Å²) in [5, 5.41) is 14.1. The number of carbonyl (C=O) groups excluding carboxylic acids is 1. The third-order valence-electron chi connectivity index (χ3n) is 3.13. The molecule has 1 amide bonds. The fourth-order valence-electron chi connectivity index (χ4n) is 2.03. The molecule has 0 atom stereocenters. The molecule has 2 aromatic carbocycles. The second kappa shape index (κ2) is 8.93. The second-order valence-electron chi connectivity index (χ2n) is 5.27. The molecule has 0 saturated heterocycles. The Morgan fingerprint density at radius 3 is 2.43 bits per heavy atom. The van der Waals surface area contributed by atoms with Gasteiger partial charge in [0.2, 0.25) is 11.0 Å². The minimum absolute atomic E-state index is 0.166. The van der Waals surface area contributed by atoms with Crippen LogP contribution in [0.15, 0.2) is 58.9 Å². The van der Waals surface area contributed by atoms with Crippen LogP contribution in [0.5, 0.6) is 5.75 Å². The number of thioether (sulfide) groups is 1. The van der Waals surface area contributed by atoms with Gasteiger partial charge in [-0.3, -0.25) is 4.79 Å².